The lowest BCUT2D eigenvalue weighted by Gasteiger charge is -2.13. The molecule has 2 aromatic rings. The van der Waals surface area contributed by atoms with E-state index in [-0.39, 0.29) is 0 Å². The lowest BCUT2D eigenvalue weighted by Crippen LogP contribution is -2.07. The summed E-state index contributed by atoms with van der Waals surface area (Å²) in [4.78, 5) is 8.50. The molecular formula is C16H21N3O2. The minimum atomic E-state index is 0.472. The summed E-state index contributed by atoms with van der Waals surface area (Å²) < 4.78 is 11.0. The van der Waals surface area contributed by atoms with Crippen molar-refractivity contribution in [2.75, 3.05) is 19.0 Å². The SMILES string of the molecule is CCNc1ncnc(OCc2ccc(OC)cc2)c1CC. The number of anilines is 1. The first kappa shape index (κ1) is 15.1. The number of ether oxygens (including phenoxy) is 2. The van der Waals surface area contributed by atoms with Crippen molar-refractivity contribution in [2.45, 2.75) is 26.9 Å². The summed E-state index contributed by atoms with van der Waals surface area (Å²) >= 11 is 0. The fraction of sp³-hybridized carbons (Fsp3) is 0.375. The van der Waals surface area contributed by atoms with E-state index in [9.17, 15) is 0 Å². The molecule has 0 saturated carbocycles. The molecule has 0 bridgehead atoms. The average molecular weight is 287 g/mol. The first-order valence-electron chi connectivity index (χ1n) is 7.12. The van der Waals surface area contributed by atoms with Gasteiger partial charge in [-0.25, -0.2) is 9.97 Å². The number of rotatable bonds is 7. The Morgan fingerprint density at radius 1 is 1.10 bits per heavy atom. The highest BCUT2D eigenvalue weighted by Crippen LogP contribution is 2.23. The second-order valence-electron chi connectivity index (χ2n) is 4.53. The predicted molar refractivity (Wildman–Crippen MR) is 82.9 cm³/mol. The zero-order valence-electron chi connectivity index (χ0n) is 12.7. The van der Waals surface area contributed by atoms with E-state index in [1.807, 2.05) is 31.2 Å². The van der Waals surface area contributed by atoms with Crippen LogP contribution in [0.2, 0.25) is 0 Å². The maximum Gasteiger partial charge on any atom is 0.222 e. The Kier molecular flexibility index (Phi) is 5.37. The number of hydrogen-bond donors (Lipinski definition) is 1. The smallest absolute Gasteiger partial charge is 0.222 e. The van der Waals surface area contributed by atoms with Crippen LogP contribution in [0.15, 0.2) is 30.6 Å². The lowest BCUT2D eigenvalue weighted by molar-refractivity contribution is 0.290. The van der Waals surface area contributed by atoms with Crippen LogP contribution in [-0.4, -0.2) is 23.6 Å². The highest BCUT2D eigenvalue weighted by molar-refractivity contribution is 5.48. The summed E-state index contributed by atoms with van der Waals surface area (Å²) in [6, 6.07) is 7.81. The first-order chi connectivity index (χ1) is 10.3. The minimum absolute atomic E-state index is 0.472. The van der Waals surface area contributed by atoms with Crippen LogP contribution >= 0.6 is 0 Å². The van der Waals surface area contributed by atoms with Gasteiger partial charge < -0.3 is 14.8 Å². The van der Waals surface area contributed by atoms with E-state index in [0.29, 0.717) is 12.5 Å². The third kappa shape index (κ3) is 3.84. The minimum Gasteiger partial charge on any atom is -0.497 e. The molecule has 2 rings (SSSR count). The zero-order valence-corrected chi connectivity index (χ0v) is 12.7. The Labute approximate surface area is 125 Å². The van der Waals surface area contributed by atoms with Gasteiger partial charge in [0.1, 0.15) is 24.5 Å². The number of benzene rings is 1. The van der Waals surface area contributed by atoms with Crippen molar-refractivity contribution < 1.29 is 9.47 Å². The molecule has 112 valence electrons. The van der Waals surface area contributed by atoms with Crippen molar-refractivity contribution in [1.82, 2.24) is 9.97 Å². The van der Waals surface area contributed by atoms with Crippen molar-refractivity contribution in [3.63, 3.8) is 0 Å². The van der Waals surface area contributed by atoms with Crippen LogP contribution in [0.3, 0.4) is 0 Å². The van der Waals surface area contributed by atoms with Crippen molar-refractivity contribution in [1.29, 1.82) is 0 Å². The molecule has 5 heteroatoms. The highest BCUT2D eigenvalue weighted by atomic mass is 16.5. The number of methoxy groups -OCH3 is 1. The van der Waals surface area contributed by atoms with Gasteiger partial charge in [0.15, 0.2) is 0 Å². The topological polar surface area (TPSA) is 56.3 Å². The molecule has 0 atom stereocenters. The molecule has 1 aromatic carbocycles. The predicted octanol–water partition coefficient (Wildman–Crippen LogP) is 3.06. The average Bonchev–Trinajstić information content (AvgIpc) is 2.54. The van der Waals surface area contributed by atoms with Gasteiger partial charge in [0.2, 0.25) is 5.88 Å². The van der Waals surface area contributed by atoms with Crippen LogP contribution in [0.1, 0.15) is 25.0 Å². The molecule has 0 amide bonds. The van der Waals surface area contributed by atoms with Gasteiger partial charge in [0, 0.05) is 6.54 Å². The third-order valence-electron chi connectivity index (χ3n) is 3.14. The van der Waals surface area contributed by atoms with E-state index in [1.54, 1.807) is 7.11 Å². The number of hydrogen-bond acceptors (Lipinski definition) is 5. The van der Waals surface area contributed by atoms with Gasteiger partial charge in [-0.2, -0.15) is 0 Å². The molecule has 0 aliphatic carbocycles. The lowest BCUT2D eigenvalue weighted by atomic mass is 10.2. The zero-order chi connectivity index (χ0) is 15.1. The van der Waals surface area contributed by atoms with E-state index < -0.39 is 0 Å². The summed E-state index contributed by atoms with van der Waals surface area (Å²) in [6.07, 6.45) is 2.35. The van der Waals surface area contributed by atoms with E-state index in [4.69, 9.17) is 9.47 Å². The molecule has 1 heterocycles. The molecule has 0 spiro atoms. The molecule has 0 radical (unpaired) electrons. The van der Waals surface area contributed by atoms with Crippen molar-refractivity contribution in [3.05, 3.63) is 41.7 Å². The van der Waals surface area contributed by atoms with E-state index >= 15 is 0 Å². The molecule has 21 heavy (non-hydrogen) atoms. The Hall–Kier alpha value is -2.30. The molecule has 0 saturated heterocycles. The van der Waals surface area contributed by atoms with Crippen LogP contribution in [0, 0.1) is 0 Å². The molecule has 1 N–H and O–H groups in total. The monoisotopic (exact) mass is 287 g/mol. The first-order valence-corrected chi connectivity index (χ1v) is 7.12. The highest BCUT2D eigenvalue weighted by Gasteiger charge is 2.10. The maximum atomic E-state index is 5.84. The summed E-state index contributed by atoms with van der Waals surface area (Å²) in [5.74, 6) is 2.32. The number of nitrogens with one attached hydrogen (secondary N) is 1. The molecule has 1 aromatic heterocycles. The third-order valence-corrected chi connectivity index (χ3v) is 3.14. The van der Waals surface area contributed by atoms with Crippen LogP contribution in [0.25, 0.3) is 0 Å². The van der Waals surface area contributed by atoms with Gasteiger partial charge in [-0.05, 0) is 31.0 Å². The molecule has 0 aliphatic rings. The fourth-order valence-electron chi connectivity index (χ4n) is 2.03. The quantitative estimate of drug-likeness (QED) is 0.848. The molecule has 0 fully saturated rings. The molecule has 0 unspecified atom stereocenters. The molecule has 0 aliphatic heterocycles. The van der Waals surface area contributed by atoms with Crippen LogP contribution in [-0.2, 0) is 13.0 Å². The van der Waals surface area contributed by atoms with E-state index in [0.717, 1.165) is 35.7 Å². The summed E-state index contributed by atoms with van der Waals surface area (Å²) in [6.45, 7) is 5.40. The molecule has 5 nitrogen and oxygen atoms in total. The van der Waals surface area contributed by atoms with Gasteiger partial charge in [-0.15, -0.1) is 0 Å². The van der Waals surface area contributed by atoms with Crippen LogP contribution in [0.5, 0.6) is 11.6 Å². The second-order valence-corrected chi connectivity index (χ2v) is 4.53. The van der Waals surface area contributed by atoms with Gasteiger partial charge in [0.05, 0.1) is 12.7 Å². The Morgan fingerprint density at radius 2 is 1.86 bits per heavy atom. The van der Waals surface area contributed by atoms with Crippen LogP contribution < -0.4 is 14.8 Å². The van der Waals surface area contributed by atoms with E-state index in [1.165, 1.54) is 6.33 Å². The van der Waals surface area contributed by atoms with Gasteiger partial charge in [0.25, 0.3) is 0 Å². The van der Waals surface area contributed by atoms with Gasteiger partial charge in [-0.1, -0.05) is 19.1 Å². The Balaban J connectivity index is 2.09. The normalized spacial score (nSPS) is 10.2. The second kappa shape index (κ2) is 7.47. The van der Waals surface area contributed by atoms with Crippen LogP contribution in [0.4, 0.5) is 5.82 Å². The largest absolute Gasteiger partial charge is 0.497 e. The number of nitrogens with zero attached hydrogens (tertiary/aromatic N) is 2. The summed E-state index contributed by atoms with van der Waals surface area (Å²) in [5.41, 5.74) is 2.08. The van der Waals surface area contributed by atoms with Gasteiger partial charge >= 0.3 is 0 Å². The Bertz CT molecular complexity index is 570. The number of aromatic nitrogens is 2. The summed E-state index contributed by atoms with van der Waals surface area (Å²) in [7, 11) is 1.65. The van der Waals surface area contributed by atoms with Crippen molar-refractivity contribution in [2.24, 2.45) is 0 Å². The standard InChI is InChI=1S/C16H21N3O2/c1-4-14-15(17-5-2)18-11-19-16(14)21-10-12-6-8-13(20-3)9-7-12/h6-9,11H,4-5,10H2,1-3H3,(H,17,18,19). The van der Waals surface area contributed by atoms with Gasteiger partial charge in [-0.3, -0.25) is 0 Å². The summed E-state index contributed by atoms with van der Waals surface area (Å²) in [5, 5.41) is 3.23. The molecular weight excluding hydrogens is 266 g/mol. The van der Waals surface area contributed by atoms with E-state index in [2.05, 4.69) is 22.2 Å². The van der Waals surface area contributed by atoms with Crippen molar-refractivity contribution >= 4 is 5.82 Å². The van der Waals surface area contributed by atoms with Crippen molar-refractivity contribution in [3.8, 4) is 11.6 Å². The Morgan fingerprint density at radius 3 is 2.48 bits per heavy atom. The fourth-order valence-corrected chi connectivity index (χ4v) is 2.03. The maximum absolute atomic E-state index is 5.84.